The molecular formula is C16H19F3N4O3. The van der Waals surface area contributed by atoms with Gasteiger partial charge in [0.1, 0.15) is 11.3 Å². The molecule has 0 N–H and O–H groups in total. The molecule has 0 aromatic carbocycles. The number of aromatic nitrogens is 3. The maximum atomic E-state index is 12.8. The van der Waals surface area contributed by atoms with Gasteiger partial charge in [-0.3, -0.25) is 18.8 Å². The van der Waals surface area contributed by atoms with E-state index in [1.165, 1.54) is 7.05 Å². The lowest BCUT2D eigenvalue weighted by Gasteiger charge is -2.31. The Kier molecular flexibility index (Phi) is 4.89. The van der Waals surface area contributed by atoms with Crippen molar-refractivity contribution < 1.29 is 17.9 Å². The minimum Gasteiger partial charge on any atom is -0.376 e. The van der Waals surface area contributed by atoms with E-state index in [0.717, 1.165) is 21.3 Å². The molecule has 0 spiro atoms. The van der Waals surface area contributed by atoms with E-state index in [0.29, 0.717) is 26.2 Å². The Hall–Kier alpha value is -2.20. The Morgan fingerprint density at radius 2 is 2.00 bits per heavy atom. The van der Waals surface area contributed by atoms with Crippen LogP contribution in [-0.2, 0) is 24.5 Å². The fraction of sp³-hybridized carbons (Fsp3) is 0.562. The van der Waals surface area contributed by atoms with E-state index in [9.17, 15) is 22.8 Å². The van der Waals surface area contributed by atoms with Crippen molar-refractivity contribution in [1.29, 1.82) is 0 Å². The number of alkyl halides is 3. The molecule has 0 amide bonds. The highest BCUT2D eigenvalue weighted by molar-refractivity contribution is 5.74. The van der Waals surface area contributed by atoms with Gasteiger partial charge in [-0.2, -0.15) is 13.2 Å². The number of morpholine rings is 1. The molecule has 1 atom stereocenters. The van der Waals surface area contributed by atoms with E-state index in [1.54, 1.807) is 0 Å². The Bertz CT molecular complexity index is 935. The van der Waals surface area contributed by atoms with Crippen LogP contribution in [0.1, 0.15) is 12.6 Å². The van der Waals surface area contributed by atoms with Gasteiger partial charge in [0.2, 0.25) is 0 Å². The van der Waals surface area contributed by atoms with Crippen LogP contribution in [0, 0.1) is 0 Å². The van der Waals surface area contributed by atoms with Crippen molar-refractivity contribution in [3.05, 3.63) is 38.7 Å². The molecule has 1 aliphatic rings. The largest absolute Gasteiger partial charge is 0.433 e. The zero-order valence-corrected chi connectivity index (χ0v) is 14.4. The first-order valence-corrected chi connectivity index (χ1v) is 8.20. The highest BCUT2D eigenvalue weighted by atomic mass is 19.4. The van der Waals surface area contributed by atoms with Crippen molar-refractivity contribution >= 4 is 11.0 Å². The lowest BCUT2D eigenvalue weighted by atomic mass is 10.2. The number of nitrogens with zero attached hydrogens (tertiary/aromatic N) is 4. The number of pyridine rings is 1. The maximum absolute atomic E-state index is 12.8. The molecule has 3 heterocycles. The molecule has 2 aromatic heterocycles. The van der Waals surface area contributed by atoms with Crippen LogP contribution in [-0.4, -0.2) is 51.4 Å². The molecule has 3 rings (SSSR count). The molecule has 1 unspecified atom stereocenters. The summed E-state index contributed by atoms with van der Waals surface area (Å²) in [6.07, 6.45) is -4.57. The number of rotatable bonds is 3. The Morgan fingerprint density at radius 3 is 2.65 bits per heavy atom. The molecule has 1 saturated heterocycles. The van der Waals surface area contributed by atoms with E-state index < -0.39 is 23.1 Å². The van der Waals surface area contributed by atoms with Gasteiger partial charge < -0.3 is 4.74 Å². The van der Waals surface area contributed by atoms with Crippen LogP contribution in [0.15, 0.2) is 21.7 Å². The second kappa shape index (κ2) is 6.84. The van der Waals surface area contributed by atoms with Gasteiger partial charge in [-0.15, -0.1) is 0 Å². The highest BCUT2D eigenvalue weighted by Crippen LogP contribution is 2.28. The van der Waals surface area contributed by atoms with Gasteiger partial charge in [-0.25, -0.2) is 9.78 Å². The predicted octanol–water partition coefficient (Wildman–Crippen LogP) is 0.835. The summed E-state index contributed by atoms with van der Waals surface area (Å²) in [6, 6.07) is 1.82. The number of hydrogen-bond acceptors (Lipinski definition) is 5. The molecule has 1 aliphatic heterocycles. The van der Waals surface area contributed by atoms with Gasteiger partial charge >= 0.3 is 11.9 Å². The monoisotopic (exact) mass is 372 g/mol. The molecular weight excluding hydrogens is 353 g/mol. The summed E-state index contributed by atoms with van der Waals surface area (Å²) in [6.45, 7) is 4.54. The highest BCUT2D eigenvalue weighted by Gasteiger charge is 2.33. The van der Waals surface area contributed by atoms with Crippen molar-refractivity contribution in [2.24, 2.45) is 7.05 Å². The molecule has 10 heteroatoms. The molecule has 1 fully saturated rings. The van der Waals surface area contributed by atoms with E-state index in [2.05, 4.69) is 9.88 Å². The van der Waals surface area contributed by atoms with Crippen molar-refractivity contribution in [3.63, 3.8) is 0 Å². The smallest absolute Gasteiger partial charge is 0.376 e. The number of ether oxygens (including phenoxy) is 1. The maximum Gasteiger partial charge on any atom is 0.433 e. The van der Waals surface area contributed by atoms with Crippen LogP contribution >= 0.6 is 0 Å². The van der Waals surface area contributed by atoms with Crippen molar-refractivity contribution in [2.45, 2.75) is 25.7 Å². The minimum atomic E-state index is -4.65. The Balaban J connectivity index is 1.97. The third-order valence-electron chi connectivity index (χ3n) is 4.44. The summed E-state index contributed by atoms with van der Waals surface area (Å²) in [5.74, 6) is 0. The zero-order valence-electron chi connectivity index (χ0n) is 14.4. The van der Waals surface area contributed by atoms with Gasteiger partial charge in [0, 0.05) is 33.2 Å². The number of fused-ring (bicyclic) bond motifs is 1. The first kappa shape index (κ1) is 18.6. The molecule has 7 nitrogen and oxygen atoms in total. The molecule has 2 aromatic rings. The topological polar surface area (TPSA) is 69.4 Å². The van der Waals surface area contributed by atoms with Gasteiger partial charge in [-0.1, -0.05) is 0 Å². The first-order chi connectivity index (χ1) is 12.2. The average molecular weight is 372 g/mol. The third-order valence-corrected chi connectivity index (χ3v) is 4.44. The Labute approximate surface area is 146 Å². The first-order valence-electron chi connectivity index (χ1n) is 8.20. The summed E-state index contributed by atoms with van der Waals surface area (Å²) in [5, 5.41) is -0.0181. The normalized spacial score (nSPS) is 19.2. The van der Waals surface area contributed by atoms with Gasteiger partial charge in [0.05, 0.1) is 18.1 Å². The second-order valence-corrected chi connectivity index (χ2v) is 6.35. The third kappa shape index (κ3) is 3.51. The van der Waals surface area contributed by atoms with Gasteiger partial charge in [0.15, 0.2) is 0 Å². The SMILES string of the molecule is CC1CN(CCn2c(=O)c3ccc(C(F)(F)F)nc3n(C)c2=O)CCO1. The van der Waals surface area contributed by atoms with E-state index in [-0.39, 0.29) is 23.7 Å². The zero-order chi connectivity index (χ0) is 19.1. The van der Waals surface area contributed by atoms with Crippen LogP contribution in [0.5, 0.6) is 0 Å². The molecule has 142 valence electrons. The second-order valence-electron chi connectivity index (χ2n) is 6.35. The molecule has 0 radical (unpaired) electrons. The van der Waals surface area contributed by atoms with Crippen LogP contribution in [0.25, 0.3) is 11.0 Å². The minimum absolute atomic E-state index is 0.0181. The van der Waals surface area contributed by atoms with Crippen molar-refractivity contribution in [2.75, 3.05) is 26.2 Å². The summed E-state index contributed by atoms with van der Waals surface area (Å²) in [5.41, 5.74) is -2.73. The molecule has 0 aliphatic carbocycles. The summed E-state index contributed by atoms with van der Waals surface area (Å²) < 4.78 is 46.0. The summed E-state index contributed by atoms with van der Waals surface area (Å²) in [7, 11) is 1.31. The average Bonchev–Trinajstić information content (AvgIpc) is 2.58. The van der Waals surface area contributed by atoms with Crippen molar-refractivity contribution in [3.8, 4) is 0 Å². The van der Waals surface area contributed by atoms with E-state index >= 15 is 0 Å². The van der Waals surface area contributed by atoms with E-state index in [4.69, 9.17) is 4.74 Å². The van der Waals surface area contributed by atoms with Crippen LogP contribution < -0.4 is 11.2 Å². The lowest BCUT2D eigenvalue weighted by molar-refractivity contribution is -0.141. The molecule has 26 heavy (non-hydrogen) atoms. The fourth-order valence-electron chi connectivity index (χ4n) is 3.07. The number of aryl methyl sites for hydroxylation is 1. The fourth-order valence-corrected chi connectivity index (χ4v) is 3.07. The number of halogens is 3. The van der Waals surface area contributed by atoms with Crippen molar-refractivity contribution in [1.82, 2.24) is 19.0 Å². The Morgan fingerprint density at radius 1 is 1.27 bits per heavy atom. The van der Waals surface area contributed by atoms with Crippen LogP contribution in [0.4, 0.5) is 13.2 Å². The van der Waals surface area contributed by atoms with E-state index in [1.807, 2.05) is 6.92 Å². The number of hydrogen-bond donors (Lipinski definition) is 0. The van der Waals surface area contributed by atoms with Gasteiger partial charge in [-0.05, 0) is 19.1 Å². The predicted molar refractivity (Wildman–Crippen MR) is 88.1 cm³/mol. The molecule has 0 saturated carbocycles. The van der Waals surface area contributed by atoms with Gasteiger partial charge in [0.25, 0.3) is 5.56 Å². The standard InChI is InChI=1S/C16H19F3N4O3/c1-10-9-22(7-8-26-10)5-6-23-14(24)11-3-4-12(16(17,18)19)20-13(11)21(2)15(23)25/h3-4,10H,5-9H2,1-2H3. The van der Waals surface area contributed by atoms with Crippen LogP contribution in [0.3, 0.4) is 0 Å². The summed E-state index contributed by atoms with van der Waals surface area (Å²) in [4.78, 5) is 30.6. The lowest BCUT2D eigenvalue weighted by Crippen LogP contribution is -2.46. The summed E-state index contributed by atoms with van der Waals surface area (Å²) >= 11 is 0. The van der Waals surface area contributed by atoms with Crippen LogP contribution in [0.2, 0.25) is 0 Å². The molecule has 0 bridgehead atoms. The quantitative estimate of drug-likeness (QED) is 0.799.